The normalized spacial score (nSPS) is 14.4. The first-order chi connectivity index (χ1) is 8.65. The highest BCUT2D eigenvalue weighted by Gasteiger charge is 2.27. The van der Waals surface area contributed by atoms with E-state index in [2.05, 4.69) is 10.4 Å². The van der Waals surface area contributed by atoms with E-state index in [4.69, 9.17) is 5.84 Å². The maximum atomic E-state index is 12.4. The highest BCUT2D eigenvalue weighted by Crippen LogP contribution is 2.30. The SMILES string of the molecule is CCN(CC1CC1)C(=O)c1cnc(C)cc1NN. The fourth-order valence-corrected chi connectivity index (χ4v) is 1.99. The van der Waals surface area contributed by atoms with Crippen molar-refractivity contribution in [3.63, 3.8) is 0 Å². The molecule has 1 amide bonds. The van der Waals surface area contributed by atoms with Crippen molar-refractivity contribution >= 4 is 11.6 Å². The lowest BCUT2D eigenvalue weighted by Crippen LogP contribution is -2.33. The Labute approximate surface area is 107 Å². The van der Waals surface area contributed by atoms with Crippen molar-refractivity contribution in [2.24, 2.45) is 11.8 Å². The number of amides is 1. The molecule has 1 fully saturated rings. The van der Waals surface area contributed by atoms with E-state index in [1.807, 2.05) is 18.7 Å². The van der Waals surface area contributed by atoms with Gasteiger partial charge in [0, 0.05) is 25.0 Å². The van der Waals surface area contributed by atoms with Crippen molar-refractivity contribution in [3.05, 3.63) is 23.5 Å². The molecule has 0 bridgehead atoms. The molecule has 1 aliphatic rings. The molecule has 3 N–H and O–H groups in total. The summed E-state index contributed by atoms with van der Waals surface area (Å²) >= 11 is 0. The third-order valence-electron chi connectivity index (χ3n) is 3.27. The van der Waals surface area contributed by atoms with Crippen molar-refractivity contribution in [1.29, 1.82) is 0 Å². The molecule has 0 aliphatic heterocycles. The Kier molecular flexibility index (Phi) is 3.81. The topological polar surface area (TPSA) is 71.2 Å². The molecule has 5 nitrogen and oxygen atoms in total. The minimum Gasteiger partial charge on any atom is -0.339 e. The molecule has 98 valence electrons. The largest absolute Gasteiger partial charge is 0.339 e. The van der Waals surface area contributed by atoms with E-state index in [0.29, 0.717) is 23.7 Å². The molecule has 0 saturated heterocycles. The predicted octanol–water partition coefficient (Wildman–Crippen LogP) is 1.55. The van der Waals surface area contributed by atoms with E-state index < -0.39 is 0 Å². The monoisotopic (exact) mass is 248 g/mol. The van der Waals surface area contributed by atoms with Crippen molar-refractivity contribution in [2.45, 2.75) is 26.7 Å². The predicted molar refractivity (Wildman–Crippen MR) is 71.1 cm³/mol. The smallest absolute Gasteiger partial charge is 0.257 e. The van der Waals surface area contributed by atoms with Gasteiger partial charge in [-0.1, -0.05) is 0 Å². The van der Waals surface area contributed by atoms with Gasteiger partial charge in [0.25, 0.3) is 5.91 Å². The van der Waals surface area contributed by atoms with Crippen molar-refractivity contribution in [2.75, 3.05) is 18.5 Å². The second-order valence-corrected chi connectivity index (χ2v) is 4.80. The van der Waals surface area contributed by atoms with Crippen LogP contribution in [0.4, 0.5) is 5.69 Å². The number of pyridine rings is 1. The first-order valence-electron chi connectivity index (χ1n) is 6.38. The van der Waals surface area contributed by atoms with Gasteiger partial charge in [-0.3, -0.25) is 15.6 Å². The molecule has 1 aromatic rings. The number of anilines is 1. The molecule has 1 aliphatic carbocycles. The van der Waals surface area contributed by atoms with Crippen LogP contribution in [0.25, 0.3) is 0 Å². The third-order valence-corrected chi connectivity index (χ3v) is 3.27. The molecule has 0 unspecified atom stereocenters. The second kappa shape index (κ2) is 5.35. The molecule has 1 saturated carbocycles. The number of nitrogens with one attached hydrogen (secondary N) is 1. The summed E-state index contributed by atoms with van der Waals surface area (Å²) in [5.74, 6) is 6.15. The summed E-state index contributed by atoms with van der Waals surface area (Å²) < 4.78 is 0. The number of hydrazine groups is 1. The van der Waals surface area contributed by atoms with E-state index in [0.717, 1.165) is 12.2 Å². The van der Waals surface area contributed by atoms with E-state index in [1.165, 1.54) is 12.8 Å². The molecule has 0 atom stereocenters. The summed E-state index contributed by atoms with van der Waals surface area (Å²) in [6, 6.07) is 1.79. The minimum atomic E-state index is 0.00449. The molecule has 2 rings (SSSR count). The number of nitrogen functional groups attached to an aromatic ring is 1. The van der Waals surface area contributed by atoms with Gasteiger partial charge >= 0.3 is 0 Å². The molecular weight excluding hydrogens is 228 g/mol. The molecule has 5 heteroatoms. The van der Waals surface area contributed by atoms with Gasteiger partial charge in [-0.2, -0.15) is 0 Å². The summed E-state index contributed by atoms with van der Waals surface area (Å²) in [7, 11) is 0. The average Bonchev–Trinajstić information content (AvgIpc) is 3.19. The standard InChI is InChI=1S/C13H20N4O/c1-3-17(8-10-4-5-10)13(18)11-7-15-9(2)6-12(11)16-14/h6-7,10H,3-5,8,14H2,1-2H3,(H,15,16). The van der Waals surface area contributed by atoms with Crippen molar-refractivity contribution < 1.29 is 4.79 Å². The minimum absolute atomic E-state index is 0.00449. The number of carbonyl (C=O) groups is 1. The van der Waals surface area contributed by atoms with Crippen LogP contribution in [0, 0.1) is 12.8 Å². The molecule has 0 aromatic carbocycles. The van der Waals surface area contributed by atoms with Gasteiger partial charge in [0.05, 0.1) is 11.3 Å². The Morgan fingerprint density at radius 1 is 1.61 bits per heavy atom. The van der Waals surface area contributed by atoms with Gasteiger partial charge in [-0.25, -0.2) is 0 Å². The zero-order valence-corrected chi connectivity index (χ0v) is 10.9. The molecule has 1 heterocycles. The Hall–Kier alpha value is -1.62. The van der Waals surface area contributed by atoms with Crippen LogP contribution in [0.3, 0.4) is 0 Å². The summed E-state index contributed by atoms with van der Waals surface area (Å²) in [5.41, 5.74) is 4.60. The summed E-state index contributed by atoms with van der Waals surface area (Å²) in [5, 5.41) is 0. The van der Waals surface area contributed by atoms with Crippen molar-refractivity contribution in [1.82, 2.24) is 9.88 Å². The maximum absolute atomic E-state index is 12.4. The number of aryl methyl sites for hydroxylation is 1. The third kappa shape index (κ3) is 2.79. The molecule has 1 aromatic heterocycles. The van der Waals surface area contributed by atoms with Gasteiger partial charge in [0.1, 0.15) is 0 Å². The average molecular weight is 248 g/mol. The highest BCUT2D eigenvalue weighted by molar-refractivity contribution is 5.99. The number of carbonyl (C=O) groups excluding carboxylic acids is 1. The van der Waals surface area contributed by atoms with Crippen LogP contribution in [0.5, 0.6) is 0 Å². The van der Waals surface area contributed by atoms with Crippen LogP contribution in [-0.4, -0.2) is 28.9 Å². The number of aromatic nitrogens is 1. The Bertz CT molecular complexity index is 443. The molecular formula is C13H20N4O. The van der Waals surface area contributed by atoms with Crippen molar-refractivity contribution in [3.8, 4) is 0 Å². The summed E-state index contributed by atoms with van der Waals surface area (Å²) in [6.45, 7) is 5.43. The summed E-state index contributed by atoms with van der Waals surface area (Å²) in [4.78, 5) is 18.5. The number of rotatable bonds is 5. The molecule has 0 radical (unpaired) electrons. The Morgan fingerprint density at radius 3 is 2.89 bits per heavy atom. The Balaban J connectivity index is 2.19. The first-order valence-corrected chi connectivity index (χ1v) is 6.38. The van der Waals surface area contributed by atoms with Crippen LogP contribution in [0.15, 0.2) is 12.3 Å². The van der Waals surface area contributed by atoms with Gasteiger partial charge in [-0.05, 0) is 38.7 Å². The quantitative estimate of drug-likeness (QED) is 0.612. The fourth-order valence-electron chi connectivity index (χ4n) is 1.99. The lowest BCUT2D eigenvalue weighted by Gasteiger charge is -2.22. The number of nitrogens with two attached hydrogens (primary N) is 1. The Morgan fingerprint density at radius 2 is 2.33 bits per heavy atom. The fraction of sp³-hybridized carbons (Fsp3) is 0.538. The van der Waals surface area contributed by atoms with Gasteiger partial charge < -0.3 is 10.3 Å². The van der Waals surface area contributed by atoms with Gasteiger partial charge in [0.2, 0.25) is 0 Å². The molecule has 18 heavy (non-hydrogen) atoms. The maximum Gasteiger partial charge on any atom is 0.257 e. The lowest BCUT2D eigenvalue weighted by molar-refractivity contribution is 0.0757. The number of nitrogens with zero attached hydrogens (tertiary/aromatic N) is 2. The molecule has 0 spiro atoms. The van der Waals surface area contributed by atoms with Crippen LogP contribution in [-0.2, 0) is 0 Å². The first kappa shape index (κ1) is 12.8. The van der Waals surface area contributed by atoms with Gasteiger partial charge in [0.15, 0.2) is 0 Å². The van der Waals surface area contributed by atoms with Crippen LogP contribution < -0.4 is 11.3 Å². The number of hydrogen-bond donors (Lipinski definition) is 2. The zero-order chi connectivity index (χ0) is 13.1. The van der Waals surface area contributed by atoms with E-state index in [9.17, 15) is 4.79 Å². The van der Waals surface area contributed by atoms with Crippen LogP contribution >= 0.6 is 0 Å². The van der Waals surface area contributed by atoms with E-state index in [1.54, 1.807) is 12.3 Å². The van der Waals surface area contributed by atoms with E-state index >= 15 is 0 Å². The lowest BCUT2D eigenvalue weighted by atomic mass is 10.2. The zero-order valence-electron chi connectivity index (χ0n) is 10.9. The second-order valence-electron chi connectivity index (χ2n) is 4.80. The van der Waals surface area contributed by atoms with Gasteiger partial charge in [-0.15, -0.1) is 0 Å². The van der Waals surface area contributed by atoms with Crippen LogP contribution in [0.2, 0.25) is 0 Å². The van der Waals surface area contributed by atoms with Crippen LogP contribution in [0.1, 0.15) is 35.8 Å². The van der Waals surface area contributed by atoms with E-state index in [-0.39, 0.29) is 5.91 Å². The summed E-state index contributed by atoms with van der Waals surface area (Å²) in [6.07, 6.45) is 4.07. The highest BCUT2D eigenvalue weighted by atomic mass is 16.2. The number of hydrogen-bond acceptors (Lipinski definition) is 4.